The molecule has 0 bridgehead atoms. The summed E-state index contributed by atoms with van der Waals surface area (Å²) in [4.78, 5) is 69.5. The number of carboxylic acids is 1. The van der Waals surface area contributed by atoms with Crippen LogP contribution in [0.3, 0.4) is 0 Å². The first-order chi connectivity index (χ1) is 23.4. The number of nitrogens with two attached hydrogens (primary N) is 1. The van der Waals surface area contributed by atoms with Gasteiger partial charge in [-0.15, -0.1) is 0 Å². The molecule has 1 heterocycles. The molecule has 1 aromatic carbocycles. The number of likely N-dealkylation sites (tertiary alicyclic amines) is 1. The zero-order valence-electron chi connectivity index (χ0n) is 31.6. The Balaban J connectivity index is 2.26. The molecule has 0 saturated carbocycles. The van der Waals surface area contributed by atoms with Gasteiger partial charge in [0.05, 0.1) is 42.2 Å². The number of amides is 4. The minimum absolute atomic E-state index is 0.0245. The number of benzene rings is 1. The zero-order valence-corrected chi connectivity index (χ0v) is 31.6. The van der Waals surface area contributed by atoms with Crippen LogP contribution < -0.4 is 16.4 Å². The molecule has 13 heteroatoms. The van der Waals surface area contributed by atoms with Crippen LogP contribution in [0.2, 0.25) is 0 Å². The highest BCUT2D eigenvalue weighted by molar-refractivity contribution is 5.92. The molecule has 1 aromatic rings. The highest BCUT2D eigenvalue weighted by Crippen LogP contribution is 2.29. The SMILES string of the molecule is CC[C@H](C)C([C@@H](CC(=O)N1CCC[C@H]1C(OC)C(C)C(=O)N[C@@H](Cc1ccccc1)C(=O)O)OC)N(C)C(=O)[C@@H](NC(=O)C(C)(C)N)C(C)C. The first-order valence-corrected chi connectivity index (χ1v) is 17.7. The summed E-state index contributed by atoms with van der Waals surface area (Å²) in [5.41, 5.74) is 5.61. The Kier molecular flexibility index (Phi) is 16.3. The Hall–Kier alpha value is -3.55. The summed E-state index contributed by atoms with van der Waals surface area (Å²) >= 11 is 0. The molecule has 1 fully saturated rings. The van der Waals surface area contributed by atoms with Crippen LogP contribution in [0.25, 0.3) is 0 Å². The van der Waals surface area contributed by atoms with Crippen LogP contribution in [0.5, 0.6) is 0 Å². The molecule has 2 rings (SSSR count). The van der Waals surface area contributed by atoms with E-state index in [4.69, 9.17) is 15.2 Å². The van der Waals surface area contributed by atoms with Gasteiger partial charge >= 0.3 is 5.97 Å². The molecule has 1 aliphatic rings. The standard InChI is InChI=1S/C37H61N5O8/c1-11-23(4)31(41(8)34(45)30(22(2)3)40-36(48)37(6,7)38)28(49-9)21-29(43)42-19-15-18-27(42)32(50-10)24(5)33(44)39-26(35(46)47)20-25-16-13-12-14-17-25/h12-14,16-17,22-24,26-28,30-32H,11,15,18-21,38H2,1-10H3,(H,39,44)(H,40,48)(H,46,47)/t23-,24?,26-,27-,28+,30-,31?,32?/m0/s1. The van der Waals surface area contributed by atoms with Crippen molar-refractivity contribution in [2.24, 2.45) is 23.5 Å². The Morgan fingerprint density at radius 1 is 1.04 bits per heavy atom. The number of nitrogens with one attached hydrogen (secondary N) is 2. The summed E-state index contributed by atoms with van der Waals surface area (Å²) in [5.74, 6) is -3.60. The maximum Gasteiger partial charge on any atom is 0.326 e. The lowest BCUT2D eigenvalue weighted by molar-refractivity contribution is -0.148. The van der Waals surface area contributed by atoms with Crippen LogP contribution in [0.4, 0.5) is 0 Å². The minimum atomic E-state index is -1.17. The maximum atomic E-state index is 14.1. The van der Waals surface area contributed by atoms with Crippen molar-refractivity contribution in [1.82, 2.24) is 20.4 Å². The zero-order chi connectivity index (χ0) is 37.9. The molecule has 0 aliphatic carbocycles. The van der Waals surface area contributed by atoms with Crippen molar-refractivity contribution in [2.45, 2.75) is 122 Å². The van der Waals surface area contributed by atoms with Crippen molar-refractivity contribution in [3.05, 3.63) is 35.9 Å². The highest BCUT2D eigenvalue weighted by Gasteiger charge is 2.43. The quantitative estimate of drug-likeness (QED) is 0.168. The van der Waals surface area contributed by atoms with Crippen molar-refractivity contribution >= 4 is 29.6 Å². The lowest BCUT2D eigenvalue weighted by Crippen LogP contribution is -2.60. The van der Waals surface area contributed by atoms with Crippen molar-refractivity contribution in [3.63, 3.8) is 0 Å². The van der Waals surface area contributed by atoms with E-state index < -0.39 is 65.6 Å². The van der Waals surface area contributed by atoms with Gasteiger partial charge in [0.25, 0.3) is 0 Å². The predicted octanol–water partition coefficient (Wildman–Crippen LogP) is 2.60. The first-order valence-electron chi connectivity index (χ1n) is 17.7. The van der Waals surface area contributed by atoms with Crippen molar-refractivity contribution in [3.8, 4) is 0 Å². The Bertz CT molecular complexity index is 1290. The summed E-state index contributed by atoms with van der Waals surface area (Å²) in [6, 6.07) is 6.19. The van der Waals surface area contributed by atoms with E-state index in [2.05, 4.69) is 10.6 Å². The molecular formula is C37H61N5O8. The molecule has 50 heavy (non-hydrogen) atoms. The number of carboxylic acid groups (broad SMARTS) is 1. The molecule has 0 radical (unpaired) electrons. The van der Waals surface area contributed by atoms with Crippen LogP contribution in [0.1, 0.15) is 79.7 Å². The number of aliphatic carboxylic acids is 1. The fraction of sp³-hybridized carbons (Fsp3) is 0.703. The number of nitrogens with zero attached hydrogens (tertiary/aromatic N) is 2. The van der Waals surface area contributed by atoms with Crippen LogP contribution in [0.15, 0.2) is 30.3 Å². The van der Waals surface area contributed by atoms with Gasteiger partial charge in [-0.2, -0.15) is 0 Å². The molecule has 13 nitrogen and oxygen atoms in total. The van der Waals surface area contributed by atoms with Crippen molar-refractivity contribution in [1.29, 1.82) is 0 Å². The molecule has 0 spiro atoms. The van der Waals surface area contributed by atoms with Crippen molar-refractivity contribution in [2.75, 3.05) is 27.8 Å². The molecular weight excluding hydrogens is 642 g/mol. The van der Waals surface area contributed by atoms with Gasteiger partial charge in [0.1, 0.15) is 12.1 Å². The smallest absolute Gasteiger partial charge is 0.326 e. The fourth-order valence-electron chi connectivity index (χ4n) is 6.72. The van der Waals surface area contributed by atoms with E-state index in [0.717, 1.165) is 5.56 Å². The number of hydrogen-bond acceptors (Lipinski definition) is 8. The average molecular weight is 704 g/mol. The van der Waals surface area contributed by atoms with E-state index in [-0.39, 0.29) is 36.5 Å². The molecule has 3 unspecified atom stereocenters. The molecule has 1 aliphatic heterocycles. The number of carbonyl (C=O) groups excluding carboxylic acids is 4. The number of hydrogen-bond donors (Lipinski definition) is 4. The van der Waals surface area contributed by atoms with E-state index >= 15 is 0 Å². The van der Waals surface area contributed by atoms with Crippen LogP contribution in [-0.4, -0.2) is 114 Å². The first kappa shape index (κ1) is 42.6. The minimum Gasteiger partial charge on any atom is -0.480 e. The normalized spacial score (nSPS) is 19.1. The molecule has 0 aromatic heterocycles. The Labute approximate surface area is 298 Å². The second-order valence-electron chi connectivity index (χ2n) is 14.6. The van der Waals surface area contributed by atoms with Gasteiger partial charge in [-0.25, -0.2) is 4.79 Å². The third-order valence-corrected chi connectivity index (χ3v) is 9.96. The third kappa shape index (κ3) is 11.2. The molecule has 282 valence electrons. The number of ether oxygens (including phenoxy) is 2. The van der Waals surface area contributed by atoms with Crippen LogP contribution >= 0.6 is 0 Å². The van der Waals surface area contributed by atoms with Gasteiger partial charge in [-0.1, -0.05) is 71.4 Å². The maximum absolute atomic E-state index is 14.1. The second-order valence-corrected chi connectivity index (χ2v) is 14.6. The molecule has 5 N–H and O–H groups in total. The van der Waals surface area contributed by atoms with Gasteiger partial charge in [-0.05, 0) is 44.1 Å². The van der Waals surface area contributed by atoms with E-state index in [1.807, 2.05) is 45.9 Å². The number of methoxy groups -OCH3 is 2. The lowest BCUT2D eigenvalue weighted by atomic mass is 9.89. The van der Waals surface area contributed by atoms with Crippen LogP contribution in [0, 0.1) is 17.8 Å². The molecule has 8 atom stereocenters. The van der Waals surface area contributed by atoms with E-state index in [1.165, 1.54) is 14.2 Å². The number of likely N-dealkylation sites (N-methyl/N-ethyl adjacent to an activating group) is 1. The highest BCUT2D eigenvalue weighted by atomic mass is 16.5. The fourth-order valence-corrected chi connectivity index (χ4v) is 6.72. The van der Waals surface area contributed by atoms with Gasteiger partial charge in [0.15, 0.2) is 0 Å². The van der Waals surface area contributed by atoms with Gasteiger partial charge in [0.2, 0.25) is 23.6 Å². The number of carbonyl (C=O) groups is 5. The van der Waals surface area contributed by atoms with Gasteiger partial charge in [-0.3, -0.25) is 19.2 Å². The molecule has 1 saturated heterocycles. The van der Waals surface area contributed by atoms with E-state index in [1.54, 1.807) is 49.8 Å². The average Bonchev–Trinajstić information content (AvgIpc) is 3.55. The van der Waals surface area contributed by atoms with E-state index in [9.17, 15) is 29.1 Å². The van der Waals surface area contributed by atoms with Gasteiger partial charge in [0, 0.05) is 34.2 Å². The second kappa shape index (κ2) is 19.2. The number of rotatable bonds is 19. The topological polar surface area (TPSA) is 181 Å². The van der Waals surface area contributed by atoms with Crippen molar-refractivity contribution < 1.29 is 38.6 Å². The van der Waals surface area contributed by atoms with Crippen LogP contribution in [-0.2, 0) is 39.9 Å². The third-order valence-electron chi connectivity index (χ3n) is 9.96. The summed E-state index contributed by atoms with van der Waals surface area (Å²) < 4.78 is 11.8. The van der Waals surface area contributed by atoms with E-state index in [0.29, 0.717) is 25.8 Å². The largest absolute Gasteiger partial charge is 0.480 e. The summed E-state index contributed by atoms with van der Waals surface area (Å²) in [6.07, 6.45) is 0.757. The molecule has 4 amide bonds. The summed E-state index contributed by atoms with van der Waals surface area (Å²) in [6.45, 7) is 13.0. The Morgan fingerprint density at radius 2 is 1.66 bits per heavy atom. The monoisotopic (exact) mass is 703 g/mol. The summed E-state index contributed by atoms with van der Waals surface area (Å²) in [5, 5.41) is 15.3. The Morgan fingerprint density at radius 3 is 2.16 bits per heavy atom. The van der Waals surface area contributed by atoms with Gasteiger partial charge < -0.3 is 40.7 Å². The lowest BCUT2D eigenvalue weighted by Gasteiger charge is -2.41. The predicted molar refractivity (Wildman–Crippen MR) is 191 cm³/mol. The summed E-state index contributed by atoms with van der Waals surface area (Å²) in [7, 11) is 4.68.